The summed E-state index contributed by atoms with van der Waals surface area (Å²) >= 11 is 11.6. The molecule has 2 rings (SSSR count). The van der Waals surface area contributed by atoms with Gasteiger partial charge in [-0.05, 0) is 36.8 Å². The van der Waals surface area contributed by atoms with Crippen molar-refractivity contribution in [1.29, 1.82) is 0 Å². The van der Waals surface area contributed by atoms with Crippen LogP contribution in [0, 0.1) is 6.92 Å². The Kier molecular flexibility index (Phi) is 4.06. The number of hydrogen-bond acceptors (Lipinski definition) is 3. The molecule has 1 amide bonds. The van der Waals surface area contributed by atoms with E-state index < -0.39 is 5.91 Å². The van der Waals surface area contributed by atoms with Crippen LogP contribution in [-0.2, 0) is 0 Å². The van der Waals surface area contributed by atoms with Crippen molar-refractivity contribution in [3.8, 4) is 11.5 Å². The summed E-state index contributed by atoms with van der Waals surface area (Å²) in [6, 6.07) is 7.38. The third-order valence-electron chi connectivity index (χ3n) is 2.67. The van der Waals surface area contributed by atoms with Crippen LogP contribution >= 0.6 is 23.2 Å². The van der Waals surface area contributed by atoms with Crippen molar-refractivity contribution >= 4 is 34.8 Å². The molecule has 6 heteroatoms. The third-order valence-corrected chi connectivity index (χ3v) is 3.18. The van der Waals surface area contributed by atoms with Crippen LogP contribution in [0.3, 0.4) is 0 Å². The first kappa shape index (κ1) is 14.5. The van der Waals surface area contributed by atoms with Crippen LogP contribution < -0.4 is 5.32 Å². The van der Waals surface area contributed by atoms with E-state index in [9.17, 15) is 15.0 Å². The van der Waals surface area contributed by atoms with Crippen LogP contribution in [0.5, 0.6) is 11.5 Å². The van der Waals surface area contributed by atoms with E-state index in [2.05, 4.69) is 5.32 Å². The molecule has 0 spiro atoms. The van der Waals surface area contributed by atoms with E-state index in [1.807, 2.05) is 0 Å². The quantitative estimate of drug-likeness (QED) is 0.735. The smallest absolute Gasteiger partial charge is 0.259 e. The van der Waals surface area contributed by atoms with Crippen LogP contribution in [-0.4, -0.2) is 16.1 Å². The Morgan fingerprint density at radius 1 is 1.15 bits per heavy atom. The van der Waals surface area contributed by atoms with Crippen molar-refractivity contribution in [3.05, 3.63) is 51.5 Å². The first-order chi connectivity index (χ1) is 9.38. The van der Waals surface area contributed by atoms with Gasteiger partial charge in [0.05, 0.1) is 16.3 Å². The summed E-state index contributed by atoms with van der Waals surface area (Å²) in [5, 5.41) is 22.3. The van der Waals surface area contributed by atoms with Gasteiger partial charge < -0.3 is 15.5 Å². The number of hydrogen-bond donors (Lipinski definition) is 3. The molecule has 0 aliphatic carbocycles. The van der Waals surface area contributed by atoms with Gasteiger partial charge in [-0.25, -0.2) is 0 Å². The van der Waals surface area contributed by atoms with Crippen LogP contribution in [0.2, 0.25) is 10.0 Å². The minimum Gasteiger partial charge on any atom is -0.507 e. The largest absolute Gasteiger partial charge is 0.507 e. The Morgan fingerprint density at radius 3 is 2.50 bits per heavy atom. The molecule has 20 heavy (non-hydrogen) atoms. The molecule has 4 nitrogen and oxygen atoms in total. The SMILES string of the molecule is Cc1ccc(C(=O)Nc2cc(Cl)cc(Cl)c2O)c(O)c1. The molecule has 0 radical (unpaired) electrons. The average molecular weight is 312 g/mol. The molecule has 0 saturated carbocycles. The van der Waals surface area contributed by atoms with E-state index >= 15 is 0 Å². The summed E-state index contributed by atoms with van der Waals surface area (Å²) in [6.45, 7) is 1.80. The highest BCUT2D eigenvalue weighted by Gasteiger charge is 2.15. The molecule has 0 aliphatic rings. The third kappa shape index (κ3) is 2.98. The van der Waals surface area contributed by atoms with E-state index in [0.29, 0.717) is 0 Å². The number of rotatable bonds is 2. The van der Waals surface area contributed by atoms with Crippen LogP contribution in [0.4, 0.5) is 5.69 Å². The molecule has 0 fully saturated rings. The van der Waals surface area contributed by atoms with Gasteiger partial charge in [0, 0.05) is 5.02 Å². The zero-order valence-electron chi connectivity index (χ0n) is 10.4. The molecule has 0 atom stereocenters. The fraction of sp³-hybridized carbons (Fsp3) is 0.0714. The van der Waals surface area contributed by atoms with E-state index in [-0.39, 0.29) is 32.8 Å². The van der Waals surface area contributed by atoms with Gasteiger partial charge in [-0.1, -0.05) is 29.3 Å². The number of phenolic OH excluding ortho intramolecular Hbond substituents is 2. The molecular weight excluding hydrogens is 301 g/mol. The van der Waals surface area contributed by atoms with Crippen molar-refractivity contribution in [2.75, 3.05) is 5.32 Å². The molecule has 0 saturated heterocycles. The van der Waals surface area contributed by atoms with Crippen molar-refractivity contribution in [2.24, 2.45) is 0 Å². The lowest BCUT2D eigenvalue weighted by atomic mass is 10.1. The van der Waals surface area contributed by atoms with E-state index in [1.54, 1.807) is 13.0 Å². The molecule has 2 aromatic rings. The van der Waals surface area contributed by atoms with Crippen molar-refractivity contribution in [3.63, 3.8) is 0 Å². The van der Waals surface area contributed by atoms with Gasteiger partial charge in [0.25, 0.3) is 5.91 Å². The summed E-state index contributed by atoms with van der Waals surface area (Å²) in [5.41, 5.74) is 0.992. The number of carbonyl (C=O) groups is 1. The summed E-state index contributed by atoms with van der Waals surface area (Å²) in [5.74, 6) is -0.998. The predicted octanol–water partition coefficient (Wildman–Crippen LogP) is 3.97. The molecule has 104 valence electrons. The van der Waals surface area contributed by atoms with Gasteiger partial charge >= 0.3 is 0 Å². The average Bonchev–Trinajstić information content (AvgIpc) is 2.35. The highest BCUT2D eigenvalue weighted by molar-refractivity contribution is 6.36. The van der Waals surface area contributed by atoms with Gasteiger partial charge in [-0.3, -0.25) is 4.79 Å². The number of benzene rings is 2. The van der Waals surface area contributed by atoms with Gasteiger partial charge in [-0.2, -0.15) is 0 Å². The zero-order chi connectivity index (χ0) is 14.9. The fourth-order valence-corrected chi connectivity index (χ4v) is 2.18. The first-order valence-electron chi connectivity index (χ1n) is 5.67. The van der Waals surface area contributed by atoms with Gasteiger partial charge in [0.1, 0.15) is 5.75 Å². The van der Waals surface area contributed by atoms with Crippen molar-refractivity contribution in [2.45, 2.75) is 6.92 Å². The Hall–Kier alpha value is -1.91. The number of aryl methyl sites for hydroxylation is 1. The predicted molar refractivity (Wildman–Crippen MR) is 78.9 cm³/mol. The Labute approximate surface area is 125 Å². The lowest BCUT2D eigenvalue weighted by Crippen LogP contribution is -2.12. The number of halogens is 2. The standard InChI is InChI=1S/C14H11Cl2NO3/c1-7-2-3-9(12(18)4-7)14(20)17-11-6-8(15)5-10(16)13(11)19/h2-6,18-19H,1H3,(H,17,20). The fourth-order valence-electron chi connectivity index (χ4n) is 1.68. The van der Waals surface area contributed by atoms with E-state index in [1.165, 1.54) is 24.3 Å². The lowest BCUT2D eigenvalue weighted by Gasteiger charge is -2.10. The number of amides is 1. The van der Waals surface area contributed by atoms with Crippen molar-refractivity contribution < 1.29 is 15.0 Å². The molecular formula is C14H11Cl2NO3. The highest BCUT2D eigenvalue weighted by Crippen LogP contribution is 2.35. The molecule has 3 N–H and O–H groups in total. The van der Waals surface area contributed by atoms with Gasteiger partial charge in [0.15, 0.2) is 5.75 Å². The molecule has 0 unspecified atom stereocenters. The topological polar surface area (TPSA) is 69.6 Å². The van der Waals surface area contributed by atoms with E-state index in [4.69, 9.17) is 23.2 Å². The number of nitrogens with one attached hydrogen (secondary N) is 1. The lowest BCUT2D eigenvalue weighted by molar-refractivity contribution is 0.102. The highest BCUT2D eigenvalue weighted by atomic mass is 35.5. The second kappa shape index (κ2) is 5.61. The maximum Gasteiger partial charge on any atom is 0.259 e. The number of aromatic hydroxyl groups is 2. The summed E-state index contributed by atoms with van der Waals surface area (Å²) in [4.78, 5) is 12.1. The maximum atomic E-state index is 12.1. The van der Waals surface area contributed by atoms with Gasteiger partial charge in [-0.15, -0.1) is 0 Å². The molecule has 0 aromatic heterocycles. The van der Waals surface area contributed by atoms with Crippen LogP contribution in [0.1, 0.15) is 15.9 Å². The second-order valence-electron chi connectivity index (χ2n) is 4.26. The van der Waals surface area contributed by atoms with Crippen molar-refractivity contribution in [1.82, 2.24) is 0 Å². The zero-order valence-corrected chi connectivity index (χ0v) is 12.0. The minimum atomic E-state index is -0.573. The Bertz CT molecular complexity index is 686. The number of phenols is 2. The molecule has 0 aliphatic heterocycles. The molecule has 2 aromatic carbocycles. The second-order valence-corrected chi connectivity index (χ2v) is 5.10. The monoisotopic (exact) mass is 311 g/mol. The number of anilines is 1. The first-order valence-corrected chi connectivity index (χ1v) is 6.43. The van der Waals surface area contributed by atoms with E-state index in [0.717, 1.165) is 5.56 Å². The minimum absolute atomic E-state index is 0.0286. The summed E-state index contributed by atoms with van der Waals surface area (Å²) < 4.78 is 0. The summed E-state index contributed by atoms with van der Waals surface area (Å²) in [6.07, 6.45) is 0. The summed E-state index contributed by atoms with van der Waals surface area (Å²) in [7, 11) is 0. The van der Waals surface area contributed by atoms with Gasteiger partial charge in [0.2, 0.25) is 0 Å². The normalized spacial score (nSPS) is 10.3. The van der Waals surface area contributed by atoms with Crippen LogP contribution in [0.25, 0.3) is 0 Å². The molecule has 0 heterocycles. The number of carbonyl (C=O) groups excluding carboxylic acids is 1. The Balaban J connectivity index is 2.32. The van der Waals surface area contributed by atoms with Crippen LogP contribution in [0.15, 0.2) is 30.3 Å². The Morgan fingerprint density at radius 2 is 1.85 bits per heavy atom. The maximum absolute atomic E-state index is 12.1. The molecule has 0 bridgehead atoms.